The Hall–Kier alpha value is -1.70. The van der Waals surface area contributed by atoms with Crippen molar-refractivity contribution in [2.75, 3.05) is 13.2 Å². The summed E-state index contributed by atoms with van der Waals surface area (Å²) in [6, 6.07) is 0. The maximum atomic E-state index is 14.2. The number of aliphatic hydroxyl groups excluding tert-OH is 4. The number of aliphatic hydroxyl groups is 5. The molecule has 0 spiro atoms. The van der Waals surface area contributed by atoms with Crippen molar-refractivity contribution in [3.63, 3.8) is 0 Å². The number of ether oxygens (including phenoxy) is 2. The molecule has 0 aromatic carbocycles. The quantitative estimate of drug-likeness (QED) is 0.199. The van der Waals surface area contributed by atoms with Gasteiger partial charge in [-0.1, -0.05) is 57.4 Å². The number of Topliss-reactive ketones (excluding diaryl/α,β-unsaturated/α-hetero) is 2. The summed E-state index contributed by atoms with van der Waals surface area (Å²) in [6.45, 7) is 0.153. The molecular formula is C38H58N2O9. The molecule has 11 heteroatoms. The number of hydrogen-bond donors (Lipinski definition) is 7. The van der Waals surface area contributed by atoms with Gasteiger partial charge in [-0.3, -0.25) is 9.59 Å². The van der Waals surface area contributed by atoms with Gasteiger partial charge in [0, 0.05) is 5.92 Å². The number of carbonyl (C=O) groups excluding carboxylic acids is 2. The largest absolute Gasteiger partial charge is 0.512 e. The first-order valence-corrected chi connectivity index (χ1v) is 19.2. The molecule has 8 N–H and O–H groups in total. The summed E-state index contributed by atoms with van der Waals surface area (Å²) in [6.07, 6.45) is 10.4. The number of allylic oxidation sites excluding steroid dienone is 4. The van der Waals surface area contributed by atoms with Gasteiger partial charge in [0.2, 0.25) is 0 Å². The zero-order valence-corrected chi connectivity index (χ0v) is 28.8. The Bertz CT molecular complexity index is 1290. The highest BCUT2D eigenvalue weighted by Gasteiger charge is 2.61. The third-order valence-corrected chi connectivity index (χ3v) is 13.8. The second-order valence-electron chi connectivity index (χ2n) is 16.7. The lowest BCUT2D eigenvalue weighted by Gasteiger charge is -2.54. The fraction of sp³-hybridized carbons (Fsp3) is 0.842. The van der Waals surface area contributed by atoms with Gasteiger partial charge in [0.1, 0.15) is 35.5 Å². The summed E-state index contributed by atoms with van der Waals surface area (Å²) in [5.74, 6) is -2.74. The molecule has 2 heterocycles. The van der Waals surface area contributed by atoms with Crippen molar-refractivity contribution in [2.45, 2.75) is 145 Å². The van der Waals surface area contributed by atoms with Crippen molar-refractivity contribution in [1.82, 2.24) is 5.32 Å². The molecule has 2 saturated heterocycles. The van der Waals surface area contributed by atoms with Gasteiger partial charge in [0.15, 0.2) is 12.1 Å². The number of nitrogens with two attached hydrogens (primary N) is 1. The molecule has 11 nitrogen and oxygen atoms in total. The van der Waals surface area contributed by atoms with Crippen LogP contribution in [0.1, 0.15) is 103 Å². The number of rotatable bonds is 8. The van der Waals surface area contributed by atoms with Crippen molar-refractivity contribution in [3.05, 3.63) is 23.5 Å². The van der Waals surface area contributed by atoms with E-state index in [2.05, 4.69) is 5.32 Å². The molecule has 5 aliphatic carbocycles. The van der Waals surface area contributed by atoms with Gasteiger partial charge >= 0.3 is 0 Å². The lowest BCUT2D eigenvalue weighted by Crippen LogP contribution is -2.69. The predicted octanol–water partition coefficient (Wildman–Crippen LogP) is 2.93. The molecule has 0 radical (unpaired) electrons. The third kappa shape index (κ3) is 6.60. The van der Waals surface area contributed by atoms with Crippen LogP contribution in [0, 0.1) is 40.9 Å². The summed E-state index contributed by atoms with van der Waals surface area (Å²) in [5.41, 5.74) is 4.82. The highest BCUT2D eigenvalue weighted by molar-refractivity contribution is 6.02. The van der Waals surface area contributed by atoms with Crippen molar-refractivity contribution >= 4 is 11.6 Å². The van der Waals surface area contributed by atoms with Gasteiger partial charge in [-0.25, -0.2) is 0 Å². The minimum Gasteiger partial charge on any atom is -0.512 e. The Labute approximate surface area is 289 Å². The van der Waals surface area contributed by atoms with E-state index in [1.807, 2.05) is 6.08 Å². The number of ketones is 2. The minimum absolute atomic E-state index is 0.0580. The van der Waals surface area contributed by atoms with Crippen LogP contribution in [0.25, 0.3) is 0 Å². The molecule has 7 aliphatic rings. The molecule has 0 bridgehead atoms. The molecule has 7 rings (SSSR count). The Morgan fingerprint density at radius 3 is 2.43 bits per heavy atom. The standard InChI is InChI=1S/C38H58N2O9/c39-29-18-23(11-14-40-29)37(12-4-5-13-37)20-38(47)34(45)28(19-41)49-36(35(38)46)48-27-10-6-9-24-31(27)33(44)30-25(32(24)43)16-22(17-26(30)42)15-21-7-2-1-3-8-21/h16-17,21,23-25,27-31,34-36,40-42,45-47H,1-15,18-20,39H2. The van der Waals surface area contributed by atoms with E-state index in [1.54, 1.807) is 6.08 Å². The normalized spacial score (nSPS) is 44.6. The lowest BCUT2D eigenvalue weighted by molar-refractivity contribution is -0.350. The lowest BCUT2D eigenvalue weighted by atomic mass is 9.59. The van der Waals surface area contributed by atoms with E-state index < -0.39 is 66.6 Å². The molecule has 2 aliphatic heterocycles. The maximum absolute atomic E-state index is 14.2. The van der Waals surface area contributed by atoms with Crippen molar-refractivity contribution in [1.29, 1.82) is 0 Å². The van der Waals surface area contributed by atoms with Gasteiger partial charge < -0.3 is 46.1 Å². The molecule has 12 unspecified atom stereocenters. The highest BCUT2D eigenvalue weighted by atomic mass is 16.7. The first-order valence-electron chi connectivity index (χ1n) is 19.2. The minimum atomic E-state index is -2.05. The zero-order chi connectivity index (χ0) is 34.5. The fourth-order valence-corrected chi connectivity index (χ4v) is 11.3. The first-order chi connectivity index (χ1) is 23.5. The second-order valence-corrected chi connectivity index (χ2v) is 16.7. The molecule has 0 aromatic heterocycles. The van der Waals surface area contributed by atoms with Crippen LogP contribution in [-0.4, -0.2) is 92.7 Å². The van der Waals surface area contributed by atoms with Crippen LogP contribution in [0.2, 0.25) is 0 Å². The van der Waals surface area contributed by atoms with E-state index in [0.29, 0.717) is 25.2 Å². The Kier molecular flexibility index (Phi) is 10.5. The Morgan fingerprint density at radius 1 is 0.959 bits per heavy atom. The van der Waals surface area contributed by atoms with Crippen molar-refractivity contribution < 1.29 is 44.6 Å². The van der Waals surface area contributed by atoms with E-state index in [9.17, 15) is 35.1 Å². The van der Waals surface area contributed by atoms with E-state index in [0.717, 1.165) is 69.9 Å². The summed E-state index contributed by atoms with van der Waals surface area (Å²) < 4.78 is 12.4. The van der Waals surface area contributed by atoms with Crippen LogP contribution in [-0.2, 0) is 19.1 Å². The third-order valence-electron chi connectivity index (χ3n) is 13.8. The SMILES string of the molecule is NC1CC(C2(CC3(O)C(O)C(CO)OC(OC4CCCC5C(=O)C6C=C(CC7CCCCC7)C=C(O)C6C(=O)C45)C3O)CCCC2)CCN1. The summed E-state index contributed by atoms with van der Waals surface area (Å²) in [4.78, 5) is 28.3. The average Bonchev–Trinajstić information content (AvgIpc) is 3.57. The van der Waals surface area contributed by atoms with Crippen LogP contribution < -0.4 is 11.1 Å². The Balaban J connectivity index is 1.11. The molecule has 4 saturated carbocycles. The van der Waals surface area contributed by atoms with Crippen LogP contribution in [0.4, 0.5) is 0 Å². The number of piperidine rings is 1. The van der Waals surface area contributed by atoms with Crippen LogP contribution in [0.15, 0.2) is 23.5 Å². The number of nitrogens with one attached hydrogen (secondary N) is 1. The molecule has 12 atom stereocenters. The molecule has 49 heavy (non-hydrogen) atoms. The van der Waals surface area contributed by atoms with E-state index in [4.69, 9.17) is 15.2 Å². The zero-order valence-electron chi connectivity index (χ0n) is 28.8. The Morgan fingerprint density at radius 2 is 1.71 bits per heavy atom. The van der Waals surface area contributed by atoms with E-state index in [-0.39, 0.29) is 41.2 Å². The fourth-order valence-electron chi connectivity index (χ4n) is 11.3. The topological polar surface area (TPSA) is 192 Å². The highest BCUT2D eigenvalue weighted by Crippen LogP contribution is 2.55. The smallest absolute Gasteiger partial charge is 0.187 e. The number of hydrogen-bond acceptors (Lipinski definition) is 11. The molecule has 0 amide bonds. The van der Waals surface area contributed by atoms with Crippen LogP contribution in [0.5, 0.6) is 0 Å². The van der Waals surface area contributed by atoms with Gasteiger partial charge in [-0.2, -0.15) is 0 Å². The average molecular weight is 687 g/mol. The maximum Gasteiger partial charge on any atom is 0.187 e. The van der Waals surface area contributed by atoms with Crippen molar-refractivity contribution in [2.24, 2.45) is 46.7 Å². The number of fused-ring (bicyclic) bond motifs is 2. The first kappa shape index (κ1) is 35.7. The predicted molar refractivity (Wildman–Crippen MR) is 180 cm³/mol. The van der Waals surface area contributed by atoms with Gasteiger partial charge in [-0.05, 0) is 86.8 Å². The van der Waals surface area contributed by atoms with Crippen molar-refractivity contribution in [3.8, 4) is 0 Å². The molecule has 6 fully saturated rings. The summed E-state index contributed by atoms with van der Waals surface area (Å²) in [7, 11) is 0. The summed E-state index contributed by atoms with van der Waals surface area (Å²) >= 11 is 0. The second kappa shape index (κ2) is 14.4. The molecule has 274 valence electrons. The van der Waals surface area contributed by atoms with E-state index in [1.165, 1.54) is 19.3 Å². The molecular weight excluding hydrogens is 628 g/mol. The summed E-state index contributed by atoms with van der Waals surface area (Å²) in [5, 5.41) is 60.4. The van der Waals surface area contributed by atoms with Crippen LogP contribution in [0.3, 0.4) is 0 Å². The van der Waals surface area contributed by atoms with Gasteiger partial charge in [-0.15, -0.1) is 0 Å². The number of carbonyl (C=O) groups is 2. The van der Waals surface area contributed by atoms with Crippen LogP contribution >= 0.6 is 0 Å². The van der Waals surface area contributed by atoms with Gasteiger partial charge in [0.05, 0.1) is 36.6 Å². The van der Waals surface area contributed by atoms with Gasteiger partial charge in [0.25, 0.3) is 0 Å². The monoisotopic (exact) mass is 686 g/mol. The molecule has 0 aromatic rings. The van der Waals surface area contributed by atoms with E-state index >= 15 is 0 Å².